The van der Waals surface area contributed by atoms with E-state index in [2.05, 4.69) is 5.32 Å². The van der Waals surface area contributed by atoms with Crippen molar-refractivity contribution in [1.29, 1.82) is 0 Å². The average molecular weight is 377 g/mol. The summed E-state index contributed by atoms with van der Waals surface area (Å²) in [5.41, 5.74) is 0.859. The summed E-state index contributed by atoms with van der Waals surface area (Å²) in [6.45, 7) is 2.17. The van der Waals surface area contributed by atoms with E-state index in [0.717, 1.165) is 17.7 Å². The fourth-order valence-electron chi connectivity index (χ4n) is 3.06. The van der Waals surface area contributed by atoms with Gasteiger partial charge in [0.15, 0.2) is 0 Å². The normalized spacial score (nSPS) is 18.0. The molecule has 5 nitrogen and oxygen atoms in total. The maximum Gasteiger partial charge on any atom is 0.229 e. The zero-order valence-electron chi connectivity index (χ0n) is 14.1. The van der Waals surface area contributed by atoms with Gasteiger partial charge in [0.1, 0.15) is 11.6 Å². The summed E-state index contributed by atoms with van der Waals surface area (Å²) in [6, 6.07) is 11.4. The van der Waals surface area contributed by atoms with E-state index in [0.29, 0.717) is 0 Å². The van der Waals surface area contributed by atoms with Crippen LogP contribution in [0.15, 0.2) is 42.5 Å². The molecule has 0 spiro atoms. The standard InChI is InChI=1S/C19H18ClFN2O3/c1-11(12-5-3-2-4-6-12)23-10-13(7-18(23)25)19(26)22-16-8-14(20)17(24)9-15(16)21/h2-6,8-9,11,13,24H,7,10H2,1H3,(H,22,26). The second-order valence-corrected chi connectivity index (χ2v) is 6.71. The Bertz CT molecular complexity index is 844. The van der Waals surface area contributed by atoms with Gasteiger partial charge in [-0.15, -0.1) is 0 Å². The second kappa shape index (κ2) is 7.33. The topological polar surface area (TPSA) is 69.6 Å². The highest BCUT2D eigenvalue weighted by Gasteiger charge is 2.37. The van der Waals surface area contributed by atoms with Gasteiger partial charge in [-0.3, -0.25) is 9.59 Å². The monoisotopic (exact) mass is 376 g/mol. The molecule has 0 aliphatic carbocycles. The molecule has 7 heteroatoms. The van der Waals surface area contributed by atoms with Gasteiger partial charge < -0.3 is 15.3 Å². The molecule has 2 amide bonds. The summed E-state index contributed by atoms with van der Waals surface area (Å²) < 4.78 is 13.9. The number of carbonyl (C=O) groups is 2. The van der Waals surface area contributed by atoms with Crippen molar-refractivity contribution in [2.75, 3.05) is 11.9 Å². The van der Waals surface area contributed by atoms with Crippen LogP contribution < -0.4 is 5.32 Å². The second-order valence-electron chi connectivity index (χ2n) is 6.31. The predicted octanol–water partition coefficient (Wildman–Crippen LogP) is 3.73. The molecule has 0 saturated carbocycles. The minimum atomic E-state index is -0.793. The molecule has 1 aliphatic heterocycles. The summed E-state index contributed by atoms with van der Waals surface area (Å²) in [7, 11) is 0. The highest BCUT2D eigenvalue weighted by molar-refractivity contribution is 6.32. The number of phenols is 1. The Balaban J connectivity index is 1.70. The van der Waals surface area contributed by atoms with Gasteiger partial charge in [-0.25, -0.2) is 4.39 Å². The van der Waals surface area contributed by atoms with Gasteiger partial charge in [0.05, 0.1) is 22.7 Å². The molecule has 1 heterocycles. The van der Waals surface area contributed by atoms with Crippen LogP contribution in [0.4, 0.5) is 10.1 Å². The zero-order valence-corrected chi connectivity index (χ0v) is 14.8. The lowest BCUT2D eigenvalue weighted by atomic mass is 10.1. The summed E-state index contributed by atoms with van der Waals surface area (Å²) in [4.78, 5) is 26.4. The molecule has 136 valence electrons. The van der Waals surface area contributed by atoms with Crippen molar-refractivity contribution in [1.82, 2.24) is 4.90 Å². The Hall–Kier alpha value is -2.60. The van der Waals surface area contributed by atoms with E-state index in [1.54, 1.807) is 4.90 Å². The lowest BCUT2D eigenvalue weighted by Crippen LogP contribution is -2.30. The molecular weight excluding hydrogens is 359 g/mol. The molecule has 0 aromatic heterocycles. The van der Waals surface area contributed by atoms with Crippen molar-refractivity contribution in [3.63, 3.8) is 0 Å². The average Bonchev–Trinajstić information content (AvgIpc) is 3.01. The number of rotatable bonds is 4. The van der Waals surface area contributed by atoms with E-state index in [1.165, 1.54) is 0 Å². The van der Waals surface area contributed by atoms with Gasteiger partial charge in [0.2, 0.25) is 11.8 Å². The zero-order chi connectivity index (χ0) is 18.8. The number of phenolic OH excluding ortho intramolecular Hbond substituents is 1. The molecule has 0 bridgehead atoms. The summed E-state index contributed by atoms with van der Waals surface area (Å²) in [6.07, 6.45) is 0.0659. The van der Waals surface area contributed by atoms with Gasteiger partial charge in [-0.05, 0) is 18.6 Å². The lowest BCUT2D eigenvalue weighted by Gasteiger charge is -2.25. The van der Waals surface area contributed by atoms with Gasteiger partial charge in [0, 0.05) is 19.0 Å². The van der Waals surface area contributed by atoms with Crippen LogP contribution in [-0.4, -0.2) is 28.4 Å². The van der Waals surface area contributed by atoms with Crippen LogP contribution in [0.25, 0.3) is 0 Å². The van der Waals surface area contributed by atoms with Crippen molar-refractivity contribution in [3.05, 3.63) is 58.9 Å². The number of anilines is 1. The van der Waals surface area contributed by atoms with Gasteiger partial charge in [0.25, 0.3) is 0 Å². The van der Waals surface area contributed by atoms with E-state index >= 15 is 0 Å². The predicted molar refractivity (Wildman–Crippen MR) is 96.4 cm³/mol. The van der Waals surface area contributed by atoms with E-state index in [-0.39, 0.29) is 35.6 Å². The number of nitrogens with one attached hydrogen (secondary N) is 1. The fraction of sp³-hybridized carbons (Fsp3) is 0.263. The number of likely N-dealkylation sites (tertiary alicyclic amines) is 1. The summed E-state index contributed by atoms with van der Waals surface area (Å²) in [5, 5.41) is 11.8. The van der Waals surface area contributed by atoms with Gasteiger partial charge in [-0.1, -0.05) is 41.9 Å². The first-order chi connectivity index (χ1) is 12.4. The largest absolute Gasteiger partial charge is 0.506 e. The first-order valence-corrected chi connectivity index (χ1v) is 8.58. The number of aromatic hydroxyl groups is 1. The molecule has 2 atom stereocenters. The minimum Gasteiger partial charge on any atom is -0.506 e. The molecule has 0 radical (unpaired) electrons. The third kappa shape index (κ3) is 3.65. The van der Waals surface area contributed by atoms with Crippen LogP contribution in [0, 0.1) is 11.7 Å². The molecule has 2 aromatic carbocycles. The Kier molecular flexibility index (Phi) is 5.13. The molecule has 1 fully saturated rings. The minimum absolute atomic E-state index is 0.0659. The molecule has 26 heavy (non-hydrogen) atoms. The van der Waals surface area contributed by atoms with Crippen LogP contribution in [0.3, 0.4) is 0 Å². The van der Waals surface area contributed by atoms with Crippen LogP contribution in [0.5, 0.6) is 5.75 Å². The number of nitrogens with zero attached hydrogens (tertiary/aromatic N) is 1. The van der Waals surface area contributed by atoms with Gasteiger partial charge in [-0.2, -0.15) is 0 Å². The number of benzene rings is 2. The molecule has 1 saturated heterocycles. The van der Waals surface area contributed by atoms with Crippen LogP contribution in [0.2, 0.25) is 5.02 Å². The third-order valence-electron chi connectivity index (χ3n) is 4.57. The van der Waals surface area contributed by atoms with Crippen LogP contribution in [0.1, 0.15) is 24.9 Å². The van der Waals surface area contributed by atoms with E-state index in [4.69, 9.17) is 11.6 Å². The SMILES string of the molecule is CC(c1ccccc1)N1CC(C(=O)Nc2cc(Cl)c(O)cc2F)CC1=O. The van der Waals surface area contributed by atoms with E-state index in [1.807, 2.05) is 37.3 Å². The smallest absolute Gasteiger partial charge is 0.229 e. The van der Waals surface area contributed by atoms with Crippen molar-refractivity contribution in [2.45, 2.75) is 19.4 Å². The number of amides is 2. The molecule has 1 aliphatic rings. The molecule has 2 N–H and O–H groups in total. The van der Waals surface area contributed by atoms with E-state index in [9.17, 15) is 19.1 Å². The summed E-state index contributed by atoms with van der Waals surface area (Å²) in [5.74, 6) is -2.35. The molecular formula is C19H18ClFN2O3. The van der Waals surface area contributed by atoms with Crippen molar-refractivity contribution < 1.29 is 19.1 Å². The number of halogens is 2. The Morgan fingerprint density at radius 3 is 2.73 bits per heavy atom. The summed E-state index contributed by atoms with van der Waals surface area (Å²) >= 11 is 5.75. The first-order valence-electron chi connectivity index (χ1n) is 8.20. The van der Waals surface area contributed by atoms with E-state index < -0.39 is 23.4 Å². The number of carbonyl (C=O) groups excluding carboxylic acids is 2. The maximum atomic E-state index is 13.9. The Labute approximate surface area is 155 Å². The lowest BCUT2D eigenvalue weighted by molar-refractivity contribution is -0.129. The quantitative estimate of drug-likeness (QED) is 0.799. The van der Waals surface area contributed by atoms with Crippen molar-refractivity contribution >= 4 is 29.1 Å². The van der Waals surface area contributed by atoms with Crippen LogP contribution >= 0.6 is 11.6 Å². The number of hydrogen-bond donors (Lipinski definition) is 2. The number of hydrogen-bond acceptors (Lipinski definition) is 3. The Morgan fingerprint density at radius 2 is 2.04 bits per heavy atom. The first kappa shape index (κ1) is 18.2. The highest BCUT2D eigenvalue weighted by atomic mass is 35.5. The van der Waals surface area contributed by atoms with Gasteiger partial charge >= 0.3 is 0 Å². The fourth-order valence-corrected chi connectivity index (χ4v) is 3.22. The van der Waals surface area contributed by atoms with Crippen molar-refractivity contribution in [3.8, 4) is 5.75 Å². The third-order valence-corrected chi connectivity index (χ3v) is 4.88. The highest BCUT2D eigenvalue weighted by Crippen LogP contribution is 2.31. The van der Waals surface area contributed by atoms with Crippen LogP contribution in [-0.2, 0) is 9.59 Å². The maximum absolute atomic E-state index is 13.9. The Morgan fingerprint density at radius 1 is 1.35 bits per heavy atom. The molecule has 3 rings (SSSR count). The molecule has 2 unspecified atom stereocenters. The van der Waals surface area contributed by atoms with Crippen molar-refractivity contribution in [2.24, 2.45) is 5.92 Å². The molecule has 2 aromatic rings.